The molecule has 30 heavy (non-hydrogen) atoms. The zero-order valence-electron chi connectivity index (χ0n) is 15.4. The Balaban J connectivity index is 1.76. The first-order valence-electron chi connectivity index (χ1n) is 8.70. The maximum Gasteiger partial charge on any atom is 0.417 e. The minimum atomic E-state index is -4.79. The topological polar surface area (TPSA) is 81.5 Å². The van der Waals surface area contributed by atoms with Gasteiger partial charge in [0.2, 0.25) is 10.0 Å². The largest absolute Gasteiger partial charge is 0.417 e. The van der Waals surface area contributed by atoms with Gasteiger partial charge in [0.25, 0.3) is 5.91 Å². The number of hydrogen-bond donors (Lipinski definition) is 0. The van der Waals surface area contributed by atoms with Gasteiger partial charge in [-0.15, -0.1) is 0 Å². The van der Waals surface area contributed by atoms with E-state index in [2.05, 4.69) is 0 Å². The summed E-state index contributed by atoms with van der Waals surface area (Å²) >= 11 is 5.56. The molecule has 0 aromatic heterocycles. The fraction of sp³-hybridized carbons (Fsp3) is 0.263. The molecule has 1 fully saturated rings. The Bertz CT molecular complexity index is 1120. The van der Waals surface area contributed by atoms with Crippen molar-refractivity contribution in [1.82, 2.24) is 9.21 Å². The Hall–Kier alpha value is -2.61. The third-order valence-electron chi connectivity index (χ3n) is 4.65. The van der Waals surface area contributed by atoms with Gasteiger partial charge < -0.3 is 4.90 Å². The van der Waals surface area contributed by atoms with Crippen LogP contribution in [0.25, 0.3) is 0 Å². The molecule has 2 aromatic carbocycles. The molecular weight excluding hydrogens is 443 g/mol. The summed E-state index contributed by atoms with van der Waals surface area (Å²) in [5, 5.41) is 8.36. The SMILES string of the molecule is N#Cc1cccc(C(=O)N2CCN(S(=O)(=O)c3ccc(Cl)c(C(F)(F)F)c3)CC2)c1. The van der Waals surface area contributed by atoms with E-state index in [0.717, 1.165) is 16.4 Å². The van der Waals surface area contributed by atoms with Crippen molar-refractivity contribution in [2.75, 3.05) is 26.2 Å². The lowest BCUT2D eigenvalue weighted by Gasteiger charge is -2.34. The maximum absolute atomic E-state index is 13.1. The molecule has 1 aliphatic rings. The summed E-state index contributed by atoms with van der Waals surface area (Å²) in [5.74, 6) is -0.352. The summed E-state index contributed by atoms with van der Waals surface area (Å²) in [4.78, 5) is 13.5. The van der Waals surface area contributed by atoms with E-state index in [1.807, 2.05) is 6.07 Å². The van der Waals surface area contributed by atoms with Gasteiger partial charge in [-0.05, 0) is 36.4 Å². The van der Waals surface area contributed by atoms with Crippen molar-refractivity contribution < 1.29 is 26.4 Å². The van der Waals surface area contributed by atoms with Crippen LogP contribution in [0.5, 0.6) is 0 Å². The monoisotopic (exact) mass is 457 g/mol. The van der Waals surface area contributed by atoms with Gasteiger partial charge in [-0.3, -0.25) is 4.79 Å². The highest BCUT2D eigenvalue weighted by atomic mass is 35.5. The molecule has 1 aliphatic heterocycles. The van der Waals surface area contributed by atoms with E-state index >= 15 is 0 Å². The van der Waals surface area contributed by atoms with Crippen LogP contribution >= 0.6 is 11.6 Å². The van der Waals surface area contributed by atoms with Crippen molar-refractivity contribution in [3.63, 3.8) is 0 Å². The molecule has 0 saturated carbocycles. The number of rotatable bonds is 3. The van der Waals surface area contributed by atoms with E-state index in [0.29, 0.717) is 17.2 Å². The second kappa shape index (κ2) is 8.26. The van der Waals surface area contributed by atoms with Gasteiger partial charge in [-0.25, -0.2) is 8.42 Å². The van der Waals surface area contributed by atoms with Crippen molar-refractivity contribution in [3.05, 3.63) is 64.2 Å². The average molecular weight is 458 g/mol. The molecule has 0 radical (unpaired) electrons. The molecule has 2 aromatic rings. The number of alkyl halides is 3. The standard InChI is InChI=1S/C19H15ClF3N3O3S/c20-17-5-4-15(11-16(17)19(21,22)23)30(28,29)26-8-6-25(7-9-26)18(27)14-3-1-2-13(10-14)12-24/h1-5,10-11H,6-9H2. The van der Waals surface area contributed by atoms with E-state index < -0.39 is 31.7 Å². The Morgan fingerprint density at radius 2 is 1.73 bits per heavy atom. The van der Waals surface area contributed by atoms with E-state index in [4.69, 9.17) is 16.9 Å². The zero-order chi connectivity index (χ0) is 22.1. The second-order valence-corrected chi connectivity index (χ2v) is 8.87. The number of amides is 1. The second-order valence-electron chi connectivity index (χ2n) is 6.53. The van der Waals surface area contributed by atoms with E-state index in [1.54, 1.807) is 18.2 Å². The van der Waals surface area contributed by atoms with Crippen molar-refractivity contribution in [1.29, 1.82) is 5.26 Å². The van der Waals surface area contributed by atoms with Crippen molar-refractivity contribution in [2.24, 2.45) is 0 Å². The summed E-state index contributed by atoms with van der Waals surface area (Å²) in [6.07, 6.45) is -4.79. The number of nitrogens with zero attached hydrogens (tertiary/aromatic N) is 3. The first-order chi connectivity index (χ1) is 14.0. The molecular formula is C19H15ClF3N3O3S. The number of nitriles is 1. The Labute approximate surface area is 176 Å². The van der Waals surface area contributed by atoms with Crippen LogP contribution in [0, 0.1) is 11.3 Å². The lowest BCUT2D eigenvalue weighted by Crippen LogP contribution is -2.50. The van der Waals surface area contributed by atoms with Gasteiger partial charge >= 0.3 is 6.18 Å². The molecule has 0 spiro atoms. The van der Waals surface area contributed by atoms with Gasteiger partial charge in [0.1, 0.15) is 0 Å². The minimum absolute atomic E-state index is 0.0640. The molecule has 3 rings (SSSR count). The van der Waals surface area contributed by atoms with Crippen molar-refractivity contribution in [3.8, 4) is 6.07 Å². The molecule has 1 amide bonds. The van der Waals surface area contributed by atoms with Crippen LogP contribution in [0.15, 0.2) is 47.4 Å². The molecule has 0 bridgehead atoms. The number of carbonyl (C=O) groups is 1. The van der Waals surface area contributed by atoms with Crippen LogP contribution in [0.1, 0.15) is 21.5 Å². The molecule has 11 heteroatoms. The fourth-order valence-corrected chi connectivity index (χ4v) is 4.74. The predicted octanol–water partition coefficient (Wildman–Crippen LogP) is 3.38. The molecule has 0 atom stereocenters. The van der Waals surface area contributed by atoms with Crippen LogP contribution in [0.2, 0.25) is 5.02 Å². The first kappa shape index (κ1) is 22.1. The number of carbonyl (C=O) groups excluding carboxylic acids is 1. The zero-order valence-corrected chi connectivity index (χ0v) is 16.9. The van der Waals surface area contributed by atoms with Gasteiger partial charge in [-0.2, -0.15) is 22.7 Å². The van der Waals surface area contributed by atoms with Crippen LogP contribution in [-0.4, -0.2) is 49.7 Å². The smallest absolute Gasteiger partial charge is 0.336 e. The number of halogens is 4. The molecule has 0 N–H and O–H groups in total. The molecule has 0 aliphatic carbocycles. The summed E-state index contributed by atoms with van der Waals surface area (Å²) in [7, 11) is -4.19. The molecule has 1 heterocycles. The minimum Gasteiger partial charge on any atom is -0.336 e. The van der Waals surface area contributed by atoms with Crippen LogP contribution in [0.3, 0.4) is 0 Å². The third-order valence-corrected chi connectivity index (χ3v) is 6.87. The Morgan fingerprint density at radius 3 is 2.33 bits per heavy atom. The number of piperazine rings is 1. The summed E-state index contributed by atoms with van der Waals surface area (Å²) in [6.45, 7) is -0.0187. The quantitative estimate of drug-likeness (QED) is 0.707. The van der Waals surface area contributed by atoms with E-state index in [1.165, 1.54) is 11.0 Å². The van der Waals surface area contributed by atoms with Gasteiger partial charge in [0.15, 0.2) is 0 Å². The van der Waals surface area contributed by atoms with E-state index in [9.17, 15) is 26.4 Å². The average Bonchev–Trinajstić information content (AvgIpc) is 2.72. The lowest BCUT2D eigenvalue weighted by molar-refractivity contribution is -0.137. The first-order valence-corrected chi connectivity index (χ1v) is 10.5. The summed E-state index contributed by atoms with van der Waals surface area (Å²) < 4.78 is 65.8. The van der Waals surface area contributed by atoms with Crippen LogP contribution in [-0.2, 0) is 16.2 Å². The molecule has 6 nitrogen and oxygen atoms in total. The van der Waals surface area contributed by atoms with Crippen molar-refractivity contribution >= 4 is 27.5 Å². The van der Waals surface area contributed by atoms with Gasteiger partial charge in [0, 0.05) is 31.7 Å². The summed E-state index contributed by atoms with van der Waals surface area (Å²) in [5.41, 5.74) is -0.598. The van der Waals surface area contributed by atoms with Crippen LogP contribution < -0.4 is 0 Å². The maximum atomic E-state index is 13.1. The number of benzene rings is 2. The van der Waals surface area contributed by atoms with E-state index in [-0.39, 0.29) is 32.1 Å². The molecule has 1 saturated heterocycles. The predicted molar refractivity (Wildman–Crippen MR) is 102 cm³/mol. The van der Waals surface area contributed by atoms with Gasteiger partial charge in [-0.1, -0.05) is 17.7 Å². The van der Waals surface area contributed by atoms with Crippen LogP contribution in [0.4, 0.5) is 13.2 Å². The fourth-order valence-electron chi connectivity index (χ4n) is 3.07. The Morgan fingerprint density at radius 1 is 1.07 bits per heavy atom. The molecule has 0 unspecified atom stereocenters. The number of sulfonamides is 1. The van der Waals surface area contributed by atoms with Crippen molar-refractivity contribution in [2.45, 2.75) is 11.1 Å². The highest BCUT2D eigenvalue weighted by molar-refractivity contribution is 7.89. The Kier molecular flexibility index (Phi) is 6.08. The third kappa shape index (κ3) is 4.43. The normalized spacial score (nSPS) is 15.6. The highest BCUT2D eigenvalue weighted by Crippen LogP contribution is 2.36. The van der Waals surface area contributed by atoms with Gasteiger partial charge in [0.05, 0.1) is 27.1 Å². The lowest BCUT2D eigenvalue weighted by atomic mass is 10.1. The highest BCUT2D eigenvalue weighted by Gasteiger charge is 2.36. The number of hydrogen-bond acceptors (Lipinski definition) is 4. The summed E-state index contributed by atoms with van der Waals surface area (Å²) in [6, 6.07) is 10.5. The molecule has 158 valence electrons.